The summed E-state index contributed by atoms with van der Waals surface area (Å²) in [6.45, 7) is 2.68. The fraction of sp³-hybridized carbons (Fsp3) is 0.545. The Morgan fingerprint density at radius 1 is 1.18 bits per heavy atom. The van der Waals surface area contributed by atoms with E-state index < -0.39 is 0 Å². The Balaban J connectivity index is 1.33. The smallest absolute Gasteiger partial charge is 0.227 e. The summed E-state index contributed by atoms with van der Waals surface area (Å²) < 4.78 is 5.36. The first kappa shape index (κ1) is 18.8. The number of hydrogen-bond donors (Lipinski definition) is 0. The van der Waals surface area contributed by atoms with Crippen molar-refractivity contribution < 1.29 is 14.1 Å². The molecule has 0 bridgehead atoms. The minimum absolute atomic E-state index is 0.000253. The van der Waals surface area contributed by atoms with Gasteiger partial charge in [0.1, 0.15) is 0 Å². The topological polar surface area (TPSA) is 76.3 Å². The predicted molar refractivity (Wildman–Crippen MR) is 104 cm³/mol. The number of hydrogen-bond acceptors (Lipinski definition) is 5. The molecule has 2 aliphatic rings. The summed E-state index contributed by atoms with van der Waals surface area (Å²) in [6.07, 6.45) is 7.12. The van der Waals surface area contributed by atoms with Gasteiger partial charge in [-0.2, -0.15) is 4.98 Å². The molecule has 6 nitrogen and oxygen atoms in total. The molecule has 6 heteroatoms. The molecule has 28 heavy (non-hydrogen) atoms. The molecule has 4 rings (SSSR count). The average Bonchev–Trinajstić information content (AvgIpc) is 3.34. The van der Waals surface area contributed by atoms with Crippen molar-refractivity contribution in [1.29, 1.82) is 0 Å². The van der Waals surface area contributed by atoms with Crippen LogP contribution < -0.4 is 0 Å². The predicted octanol–water partition coefficient (Wildman–Crippen LogP) is 3.84. The second kappa shape index (κ2) is 8.25. The van der Waals surface area contributed by atoms with E-state index in [0.717, 1.165) is 18.4 Å². The van der Waals surface area contributed by atoms with E-state index in [1.165, 1.54) is 19.3 Å². The quantitative estimate of drug-likeness (QED) is 0.711. The van der Waals surface area contributed by atoms with Gasteiger partial charge in [0.15, 0.2) is 11.6 Å². The van der Waals surface area contributed by atoms with Crippen LogP contribution in [-0.2, 0) is 11.2 Å². The van der Waals surface area contributed by atoms with Crippen LogP contribution in [0.15, 0.2) is 28.8 Å². The maximum Gasteiger partial charge on any atom is 0.227 e. The zero-order valence-electron chi connectivity index (χ0n) is 16.4. The van der Waals surface area contributed by atoms with Gasteiger partial charge in [-0.3, -0.25) is 9.59 Å². The molecule has 1 aromatic carbocycles. The van der Waals surface area contributed by atoms with E-state index >= 15 is 0 Å². The monoisotopic (exact) mass is 381 g/mol. The molecule has 1 aliphatic heterocycles. The molecule has 1 saturated heterocycles. The van der Waals surface area contributed by atoms with Crippen LogP contribution in [0.2, 0.25) is 0 Å². The van der Waals surface area contributed by atoms with Crippen molar-refractivity contribution in [1.82, 2.24) is 15.0 Å². The largest absolute Gasteiger partial charge is 0.339 e. The Morgan fingerprint density at radius 3 is 2.68 bits per heavy atom. The zero-order chi connectivity index (χ0) is 19.5. The maximum atomic E-state index is 12.5. The molecule has 2 fully saturated rings. The number of amides is 1. The number of benzene rings is 1. The van der Waals surface area contributed by atoms with Crippen molar-refractivity contribution in [3.63, 3.8) is 0 Å². The van der Waals surface area contributed by atoms with Gasteiger partial charge in [-0.15, -0.1) is 0 Å². The highest BCUT2D eigenvalue weighted by Crippen LogP contribution is 2.32. The lowest BCUT2D eigenvalue weighted by Crippen LogP contribution is -2.37. The zero-order valence-corrected chi connectivity index (χ0v) is 16.4. The molecule has 1 aliphatic carbocycles. The number of ketones is 1. The highest BCUT2D eigenvalue weighted by molar-refractivity contribution is 5.96. The van der Waals surface area contributed by atoms with Gasteiger partial charge in [0.05, 0.1) is 0 Å². The summed E-state index contributed by atoms with van der Waals surface area (Å²) in [4.78, 5) is 31.3. The van der Waals surface area contributed by atoms with Gasteiger partial charge in [-0.05, 0) is 19.8 Å². The number of rotatable bonds is 6. The Hall–Kier alpha value is -2.50. The molecular weight excluding hydrogens is 354 g/mol. The van der Waals surface area contributed by atoms with Gasteiger partial charge in [-0.25, -0.2) is 0 Å². The normalized spacial score (nSPS) is 20.7. The first-order valence-corrected chi connectivity index (χ1v) is 10.3. The number of likely N-dealkylation sites (tertiary alicyclic amines) is 1. The highest BCUT2D eigenvalue weighted by Gasteiger charge is 2.37. The van der Waals surface area contributed by atoms with Crippen molar-refractivity contribution in [2.45, 2.75) is 70.3 Å². The number of aryl methyl sites for hydroxylation is 2. The van der Waals surface area contributed by atoms with E-state index in [9.17, 15) is 9.59 Å². The summed E-state index contributed by atoms with van der Waals surface area (Å²) >= 11 is 0. The van der Waals surface area contributed by atoms with Gasteiger partial charge in [0, 0.05) is 43.3 Å². The number of Topliss-reactive ketones (excluding diaryl/α,β-unsaturated/α-hetero) is 1. The first-order valence-electron chi connectivity index (χ1n) is 10.3. The second-order valence-corrected chi connectivity index (χ2v) is 8.07. The van der Waals surface area contributed by atoms with Gasteiger partial charge >= 0.3 is 0 Å². The van der Waals surface area contributed by atoms with Crippen LogP contribution in [-0.4, -0.2) is 39.3 Å². The lowest BCUT2D eigenvalue weighted by molar-refractivity contribution is -0.130. The summed E-state index contributed by atoms with van der Waals surface area (Å²) in [5, 5.41) is 4.10. The second-order valence-electron chi connectivity index (χ2n) is 8.07. The van der Waals surface area contributed by atoms with E-state index in [4.69, 9.17) is 4.52 Å². The molecular formula is C22H27N3O3. The van der Waals surface area contributed by atoms with Gasteiger partial charge in [0.25, 0.3) is 0 Å². The molecule has 1 amide bonds. The standard InChI is InChI=1S/C22H27N3O3/c1-15-7-9-16(10-8-15)19(26)11-12-20-23-22(24-28-20)17-13-21(27)25(14-17)18-5-3-2-4-6-18/h7-10,17-18H,2-6,11-14H2,1H3. The fourth-order valence-corrected chi connectivity index (χ4v) is 4.29. The highest BCUT2D eigenvalue weighted by atomic mass is 16.5. The molecule has 1 unspecified atom stereocenters. The van der Waals surface area contributed by atoms with Crippen LogP contribution in [0.3, 0.4) is 0 Å². The summed E-state index contributed by atoms with van der Waals surface area (Å²) in [5.74, 6) is 1.35. The van der Waals surface area contributed by atoms with E-state index in [1.54, 1.807) is 0 Å². The number of carbonyl (C=O) groups is 2. The van der Waals surface area contributed by atoms with Crippen LogP contribution in [0.5, 0.6) is 0 Å². The van der Waals surface area contributed by atoms with Gasteiger partial charge in [0.2, 0.25) is 11.8 Å². The molecule has 0 radical (unpaired) electrons. The van der Waals surface area contributed by atoms with Crippen molar-refractivity contribution in [3.8, 4) is 0 Å². The van der Waals surface area contributed by atoms with Crippen molar-refractivity contribution in [2.24, 2.45) is 0 Å². The molecule has 1 aromatic heterocycles. The summed E-state index contributed by atoms with van der Waals surface area (Å²) in [7, 11) is 0. The van der Waals surface area contributed by atoms with Crippen molar-refractivity contribution in [3.05, 3.63) is 47.1 Å². The Kier molecular flexibility index (Phi) is 5.55. The third-order valence-corrected chi connectivity index (χ3v) is 5.96. The molecule has 148 valence electrons. The number of carbonyl (C=O) groups excluding carboxylic acids is 2. The van der Waals surface area contributed by atoms with Crippen LogP contribution in [0, 0.1) is 6.92 Å². The lowest BCUT2D eigenvalue weighted by atomic mass is 9.94. The Morgan fingerprint density at radius 2 is 1.93 bits per heavy atom. The molecule has 2 aromatic rings. The van der Waals surface area contributed by atoms with E-state index in [1.807, 2.05) is 36.1 Å². The van der Waals surface area contributed by atoms with Crippen molar-refractivity contribution >= 4 is 11.7 Å². The SMILES string of the molecule is Cc1ccc(C(=O)CCc2nc(C3CC(=O)N(C4CCCCC4)C3)no2)cc1. The minimum Gasteiger partial charge on any atom is -0.339 e. The van der Waals surface area contributed by atoms with Crippen molar-refractivity contribution in [2.75, 3.05) is 6.54 Å². The summed E-state index contributed by atoms with van der Waals surface area (Å²) in [5.41, 5.74) is 1.83. The van der Waals surface area contributed by atoms with E-state index in [2.05, 4.69) is 10.1 Å². The molecule has 0 spiro atoms. The summed E-state index contributed by atoms with van der Waals surface area (Å²) in [6, 6.07) is 7.95. The first-order chi connectivity index (χ1) is 13.6. The van der Waals surface area contributed by atoms with Gasteiger partial charge in [-0.1, -0.05) is 54.2 Å². The Bertz CT molecular complexity index is 837. The average molecular weight is 381 g/mol. The van der Waals surface area contributed by atoms with Crippen LogP contribution in [0.25, 0.3) is 0 Å². The van der Waals surface area contributed by atoms with E-state index in [-0.39, 0.29) is 17.6 Å². The molecule has 0 N–H and O–H groups in total. The van der Waals surface area contributed by atoms with E-state index in [0.29, 0.717) is 49.1 Å². The minimum atomic E-state index is -0.000253. The fourth-order valence-electron chi connectivity index (χ4n) is 4.29. The molecule has 1 saturated carbocycles. The molecule has 2 heterocycles. The Labute approximate surface area is 165 Å². The maximum absolute atomic E-state index is 12.5. The molecule has 1 atom stereocenters. The van der Waals surface area contributed by atoms with Gasteiger partial charge < -0.3 is 9.42 Å². The van der Waals surface area contributed by atoms with Crippen LogP contribution in [0.1, 0.15) is 78.5 Å². The number of nitrogens with zero attached hydrogens (tertiary/aromatic N) is 3. The van der Waals surface area contributed by atoms with Crippen LogP contribution >= 0.6 is 0 Å². The third-order valence-electron chi connectivity index (χ3n) is 5.96. The van der Waals surface area contributed by atoms with Crippen LogP contribution in [0.4, 0.5) is 0 Å². The number of aromatic nitrogens is 2. The third kappa shape index (κ3) is 4.16. The lowest BCUT2D eigenvalue weighted by Gasteiger charge is -2.31.